The lowest BCUT2D eigenvalue weighted by molar-refractivity contribution is 0.305. The molecule has 0 N–H and O–H groups in total. The Labute approximate surface area is 170 Å². The van der Waals surface area contributed by atoms with Crippen LogP contribution in [0.1, 0.15) is 49.7 Å². The van der Waals surface area contributed by atoms with E-state index in [9.17, 15) is 4.39 Å². The number of hydrogen-bond donors (Lipinski definition) is 0. The lowest BCUT2D eigenvalue weighted by Gasteiger charge is -2.20. The fourth-order valence-electron chi connectivity index (χ4n) is 2.86. The van der Waals surface area contributed by atoms with Crippen LogP contribution < -0.4 is 0 Å². The smallest absolute Gasteiger partial charge is 0.196 e. The van der Waals surface area contributed by atoms with Crippen molar-refractivity contribution in [2.75, 3.05) is 14.1 Å². The number of rotatable bonds is 7. The summed E-state index contributed by atoms with van der Waals surface area (Å²) in [5, 5.41) is 9.69. The molecule has 0 fully saturated rings. The zero-order valence-electron chi connectivity index (χ0n) is 17.1. The Kier molecular flexibility index (Phi) is 6.52. The van der Waals surface area contributed by atoms with Gasteiger partial charge in [0.25, 0.3) is 0 Å². The van der Waals surface area contributed by atoms with E-state index in [1.54, 1.807) is 23.9 Å². The Morgan fingerprint density at radius 1 is 0.964 bits per heavy atom. The average Bonchev–Trinajstić information content (AvgIpc) is 3.10. The molecule has 0 amide bonds. The van der Waals surface area contributed by atoms with E-state index in [1.165, 1.54) is 23.3 Å². The van der Waals surface area contributed by atoms with E-state index in [4.69, 9.17) is 0 Å². The molecule has 0 aliphatic heterocycles. The maximum absolute atomic E-state index is 13.4. The van der Waals surface area contributed by atoms with E-state index in [0.29, 0.717) is 5.92 Å². The molecule has 148 valence electrons. The summed E-state index contributed by atoms with van der Waals surface area (Å²) in [6.45, 7) is 6.48. The van der Waals surface area contributed by atoms with Crippen LogP contribution in [0.4, 0.5) is 4.39 Å². The van der Waals surface area contributed by atoms with Crippen LogP contribution in [0.2, 0.25) is 0 Å². The summed E-state index contributed by atoms with van der Waals surface area (Å²) in [6.07, 6.45) is 0. The van der Waals surface area contributed by atoms with Gasteiger partial charge in [0.1, 0.15) is 5.82 Å². The number of aromatic nitrogens is 3. The molecule has 1 aromatic heterocycles. The molecule has 0 radical (unpaired) electrons. The third kappa shape index (κ3) is 4.62. The minimum absolute atomic E-state index is 0.0808. The number of thioether (sulfide) groups is 1. The number of hydrogen-bond acceptors (Lipinski definition) is 4. The number of halogens is 1. The van der Waals surface area contributed by atoms with Crippen molar-refractivity contribution in [3.05, 3.63) is 71.3 Å². The summed E-state index contributed by atoms with van der Waals surface area (Å²) in [4.78, 5) is 2.09. The second-order valence-corrected chi connectivity index (χ2v) is 8.42. The highest BCUT2D eigenvalue weighted by Crippen LogP contribution is 2.29. The van der Waals surface area contributed by atoms with Gasteiger partial charge < -0.3 is 0 Å². The number of nitrogens with zero attached hydrogens (tertiary/aromatic N) is 4. The summed E-state index contributed by atoms with van der Waals surface area (Å²) in [5.74, 6) is 1.92. The maximum Gasteiger partial charge on any atom is 0.196 e. The SMILES string of the molecule is CC(C)c1ccc(CSc2nnc([C@H](C)N(C)C)n2-c2ccc(F)cc2)cc1. The molecule has 6 heteroatoms. The Hall–Kier alpha value is -2.18. The van der Waals surface area contributed by atoms with Crippen molar-refractivity contribution in [1.29, 1.82) is 0 Å². The van der Waals surface area contributed by atoms with Gasteiger partial charge in [-0.3, -0.25) is 9.47 Å². The monoisotopic (exact) mass is 398 g/mol. The van der Waals surface area contributed by atoms with Gasteiger partial charge in [0.15, 0.2) is 11.0 Å². The van der Waals surface area contributed by atoms with Gasteiger partial charge in [-0.25, -0.2) is 4.39 Å². The molecule has 3 aromatic rings. The first-order valence-corrected chi connectivity index (χ1v) is 10.4. The first kappa shape index (κ1) is 20.6. The molecule has 0 saturated heterocycles. The van der Waals surface area contributed by atoms with Crippen molar-refractivity contribution >= 4 is 11.8 Å². The zero-order valence-corrected chi connectivity index (χ0v) is 17.9. The predicted octanol–water partition coefficient (Wildman–Crippen LogP) is 5.44. The van der Waals surface area contributed by atoms with Crippen molar-refractivity contribution in [2.45, 2.75) is 43.6 Å². The van der Waals surface area contributed by atoms with Gasteiger partial charge in [0.05, 0.1) is 6.04 Å². The normalized spacial score (nSPS) is 12.7. The lowest BCUT2D eigenvalue weighted by atomic mass is 10.0. The molecule has 0 aliphatic rings. The van der Waals surface area contributed by atoms with Crippen LogP contribution in [-0.2, 0) is 5.75 Å². The van der Waals surface area contributed by atoms with Gasteiger partial charge >= 0.3 is 0 Å². The minimum Gasteiger partial charge on any atom is -0.300 e. The molecular formula is C22H27FN4S. The van der Waals surface area contributed by atoms with Crippen LogP contribution in [0.3, 0.4) is 0 Å². The number of benzene rings is 2. The van der Waals surface area contributed by atoms with Crippen LogP contribution in [0.25, 0.3) is 5.69 Å². The maximum atomic E-state index is 13.4. The van der Waals surface area contributed by atoms with Crippen LogP contribution in [0.15, 0.2) is 53.7 Å². The quantitative estimate of drug-likeness (QED) is 0.496. The highest BCUT2D eigenvalue weighted by atomic mass is 32.2. The molecule has 2 aromatic carbocycles. The summed E-state index contributed by atoms with van der Waals surface area (Å²) >= 11 is 1.64. The van der Waals surface area contributed by atoms with Crippen LogP contribution in [0.5, 0.6) is 0 Å². The highest BCUT2D eigenvalue weighted by molar-refractivity contribution is 7.98. The van der Waals surface area contributed by atoms with Gasteiger partial charge in [-0.1, -0.05) is 49.9 Å². The van der Waals surface area contributed by atoms with Gasteiger partial charge in [0, 0.05) is 11.4 Å². The molecule has 0 spiro atoms. The van der Waals surface area contributed by atoms with Crippen LogP contribution in [-0.4, -0.2) is 33.8 Å². The van der Waals surface area contributed by atoms with E-state index in [1.807, 2.05) is 18.7 Å². The topological polar surface area (TPSA) is 34.0 Å². The fourth-order valence-corrected chi connectivity index (χ4v) is 3.77. The zero-order chi connectivity index (χ0) is 20.3. The molecule has 0 bridgehead atoms. The Morgan fingerprint density at radius 3 is 2.18 bits per heavy atom. The Morgan fingerprint density at radius 2 is 1.61 bits per heavy atom. The van der Waals surface area contributed by atoms with Gasteiger partial charge in [-0.2, -0.15) is 0 Å². The van der Waals surface area contributed by atoms with Crippen LogP contribution >= 0.6 is 11.8 Å². The second kappa shape index (κ2) is 8.88. The molecule has 1 heterocycles. The van der Waals surface area contributed by atoms with Gasteiger partial charge in [0.2, 0.25) is 0 Å². The molecule has 1 atom stereocenters. The Balaban J connectivity index is 1.88. The van der Waals surface area contributed by atoms with Crippen molar-refractivity contribution in [3.8, 4) is 5.69 Å². The minimum atomic E-state index is -0.251. The van der Waals surface area contributed by atoms with Crippen LogP contribution in [0, 0.1) is 5.82 Å². The van der Waals surface area contributed by atoms with E-state index in [-0.39, 0.29) is 11.9 Å². The predicted molar refractivity (Wildman–Crippen MR) is 114 cm³/mol. The molecule has 4 nitrogen and oxygen atoms in total. The summed E-state index contributed by atoms with van der Waals surface area (Å²) < 4.78 is 15.4. The standard InChI is InChI=1S/C22H27FN4S/c1-15(2)18-8-6-17(7-9-18)14-28-22-25-24-21(16(3)26(4)5)27(22)20-12-10-19(23)11-13-20/h6-13,15-16H,14H2,1-5H3/t16-/m0/s1. The molecule has 0 aliphatic carbocycles. The third-order valence-electron chi connectivity index (χ3n) is 4.91. The highest BCUT2D eigenvalue weighted by Gasteiger charge is 2.21. The molecule has 28 heavy (non-hydrogen) atoms. The first-order valence-electron chi connectivity index (χ1n) is 9.46. The van der Waals surface area contributed by atoms with Crippen molar-refractivity contribution < 1.29 is 4.39 Å². The van der Waals surface area contributed by atoms with E-state index in [2.05, 4.69) is 60.1 Å². The van der Waals surface area contributed by atoms with Crippen molar-refractivity contribution in [1.82, 2.24) is 19.7 Å². The van der Waals surface area contributed by atoms with Crippen molar-refractivity contribution in [2.24, 2.45) is 0 Å². The molecular weight excluding hydrogens is 371 g/mol. The largest absolute Gasteiger partial charge is 0.300 e. The lowest BCUT2D eigenvalue weighted by Crippen LogP contribution is -2.20. The summed E-state index contributed by atoms with van der Waals surface area (Å²) in [6, 6.07) is 15.3. The Bertz CT molecular complexity index is 901. The molecule has 0 saturated carbocycles. The van der Waals surface area contributed by atoms with E-state index in [0.717, 1.165) is 22.4 Å². The molecule has 3 rings (SSSR count). The third-order valence-corrected chi connectivity index (χ3v) is 5.91. The second-order valence-electron chi connectivity index (χ2n) is 7.48. The van der Waals surface area contributed by atoms with Crippen molar-refractivity contribution in [3.63, 3.8) is 0 Å². The average molecular weight is 399 g/mol. The van der Waals surface area contributed by atoms with Gasteiger partial charge in [-0.05, 0) is 62.3 Å². The van der Waals surface area contributed by atoms with E-state index >= 15 is 0 Å². The summed E-state index contributed by atoms with van der Waals surface area (Å²) in [5.41, 5.74) is 3.45. The first-order chi connectivity index (χ1) is 13.4. The van der Waals surface area contributed by atoms with E-state index < -0.39 is 0 Å². The fraction of sp³-hybridized carbons (Fsp3) is 0.364. The molecule has 0 unspecified atom stereocenters. The summed E-state index contributed by atoms with van der Waals surface area (Å²) in [7, 11) is 4.02. The van der Waals surface area contributed by atoms with Gasteiger partial charge in [-0.15, -0.1) is 10.2 Å².